The molecule has 0 saturated carbocycles. The molecular formula is C29H29F3N2O6. The Labute approximate surface area is 228 Å². The highest BCUT2D eigenvalue weighted by molar-refractivity contribution is 6.05. The Morgan fingerprint density at radius 2 is 1.82 bits per heavy atom. The Morgan fingerprint density at radius 1 is 1.18 bits per heavy atom. The number of aromatic nitrogens is 1. The minimum absolute atomic E-state index is 0.0214. The maximum atomic E-state index is 13.7. The van der Waals surface area contributed by atoms with E-state index in [-0.39, 0.29) is 29.7 Å². The van der Waals surface area contributed by atoms with Crippen LogP contribution in [0.25, 0.3) is 16.5 Å². The third kappa shape index (κ3) is 5.83. The molecule has 11 heteroatoms. The van der Waals surface area contributed by atoms with E-state index in [4.69, 9.17) is 9.47 Å². The van der Waals surface area contributed by atoms with Crippen LogP contribution in [0.5, 0.6) is 11.5 Å². The lowest BCUT2D eigenvalue weighted by Crippen LogP contribution is -2.40. The fourth-order valence-corrected chi connectivity index (χ4v) is 4.54. The molecule has 3 aromatic rings. The topological polar surface area (TPSA) is 107 Å². The average Bonchev–Trinajstić information content (AvgIpc) is 2.84. The zero-order valence-electron chi connectivity index (χ0n) is 22.4. The van der Waals surface area contributed by atoms with Crippen molar-refractivity contribution in [2.75, 3.05) is 13.2 Å². The van der Waals surface area contributed by atoms with E-state index in [9.17, 15) is 32.7 Å². The molecule has 2 aromatic carbocycles. The van der Waals surface area contributed by atoms with Crippen molar-refractivity contribution in [1.29, 1.82) is 0 Å². The number of carbonyl (C=O) groups excluding carboxylic acids is 2. The number of ether oxygens (including phenoxy) is 2. The number of nitrogens with one attached hydrogen (secondary N) is 1. The van der Waals surface area contributed by atoms with E-state index in [1.165, 1.54) is 16.7 Å². The number of benzene rings is 2. The van der Waals surface area contributed by atoms with Gasteiger partial charge in [0.2, 0.25) is 0 Å². The number of amides is 1. The number of nitrogens with zero attached hydrogens (tertiary/aromatic N) is 1. The van der Waals surface area contributed by atoms with Crippen molar-refractivity contribution in [3.63, 3.8) is 0 Å². The summed E-state index contributed by atoms with van der Waals surface area (Å²) in [5.74, 6) is -2.03. The molecule has 2 heterocycles. The molecule has 0 fully saturated rings. The van der Waals surface area contributed by atoms with Crippen LogP contribution in [0.4, 0.5) is 13.2 Å². The van der Waals surface area contributed by atoms with Gasteiger partial charge in [0.15, 0.2) is 0 Å². The summed E-state index contributed by atoms with van der Waals surface area (Å²) in [6.07, 6.45) is -4.38. The summed E-state index contributed by atoms with van der Waals surface area (Å²) in [5.41, 5.74) is -1.03. The lowest BCUT2D eigenvalue weighted by atomic mass is 9.98. The van der Waals surface area contributed by atoms with Crippen molar-refractivity contribution in [3.05, 3.63) is 75.6 Å². The molecule has 0 bridgehead atoms. The van der Waals surface area contributed by atoms with Crippen molar-refractivity contribution >= 4 is 28.4 Å². The van der Waals surface area contributed by atoms with Crippen molar-refractivity contribution in [2.24, 2.45) is 0 Å². The third-order valence-electron chi connectivity index (χ3n) is 6.32. The quantitative estimate of drug-likeness (QED) is 0.412. The first kappa shape index (κ1) is 28.7. The lowest BCUT2D eigenvalue weighted by Gasteiger charge is -2.30. The maximum Gasteiger partial charge on any atom is 0.416 e. The summed E-state index contributed by atoms with van der Waals surface area (Å²) in [4.78, 5) is 39.0. The number of hydrogen-bond donors (Lipinski definition) is 2. The molecule has 1 aliphatic rings. The van der Waals surface area contributed by atoms with Gasteiger partial charge >= 0.3 is 12.1 Å². The van der Waals surface area contributed by atoms with E-state index < -0.39 is 58.7 Å². The van der Waals surface area contributed by atoms with Gasteiger partial charge in [-0.1, -0.05) is 24.3 Å². The minimum atomic E-state index is -4.49. The Kier molecular flexibility index (Phi) is 7.44. The highest BCUT2D eigenvalue weighted by Crippen LogP contribution is 2.40. The Hall–Kier alpha value is -4.28. The van der Waals surface area contributed by atoms with E-state index in [1.54, 1.807) is 39.8 Å². The standard InChI is InChI=1S/C29H29F3N2O6/c1-15(2)17-11-20-24-21(12-17)39-14-19(10-16-6-8-18(9-7-16)29(30,31)32)34(24)27(38)23(25(20)36)26(37)33-13-22(35)40-28(3,4)5/h6-9,11-12,19,36H,1,10,13-14H2,2-5H3,(H,33,37). The van der Waals surface area contributed by atoms with E-state index in [0.717, 1.165) is 12.1 Å². The second-order valence-corrected chi connectivity index (χ2v) is 10.7. The van der Waals surface area contributed by atoms with E-state index >= 15 is 0 Å². The molecule has 2 N–H and O–H groups in total. The molecule has 1 aliphatic heterocycles. The number of alkyl halides is 3. The number of rotatable bonds is 6. The predicted octanol–water partition coefficient (Wildman–Crippen LogP) is 5.01. The zero-order valence-corrected chi connectivity index (χ0v) is 22.4. The van der Waals surface area contributed by atoms with Gasteiger partial charge in [-0.05, 0) is 69.5 Å². The molecule has 1 atom stereocenters. The summed E-state index contributed by atoms with van der Waals surface area (Å²) >= 11 is 0. The van der Waals surface area contributed by atoms with Gasteiger partial charge in [0.05, 0.1) is 17.1 Å². The first-order chi connectivity index (χ1) is 18.6. The van der Waals surface area contributed by atoms with E-state index in [0.29, 0.717) is 16.7 Å². The summed E-state index contributed by atoms with van der Waals surface area (Å²) in [6, 6.07) is 7.07. The number of aromatic hydroxyl groups is 1. The molecule has 0 radical (unpaired) electrons. The SMILES string of the molecule is C=C(C)c1cc2c3c(c1)c(O)c(C(=O)NCC(=O)OC(C)(C)C)c(=O)n3C(Cc1ccc(C(F)(F)F)cc1)CO2. The minimum Gasteiger partial charge on any atom is -0.506 e. The summed E-state index contributed by atoms with van der Waals surface area (Å²) in [6.45, 7) is 10.1. The Balaban J connectivity index is 1.80. The molecule has 0 saturated heterocycles. The van der Waals surface area contributed by atoms with Crippen LogP contribution in [0.3, 0.4) is 0 Å². The Bertz CT molecular complexity index is 1570. The van der Waals surface area contributed by atoms with Gasteiger partial charge in [0.1, 0.15) is 35.8 Å². The van der Waals surface area contributed by atoms with E-state index in [1.807, 2.05) is 0 Å². The zero-order chi connectivity index (χ0) is 29.6. The first-order valence-electron chi connectivity index (χ1n) is 12.5. The smallest absolute Gasteiger partial charge is 0.416 e. The summed E-state index contributed by atoms with van der Waals surface area (Å²) < 4.78 is 51.5. The normalized spacial score (nSPS) is 14.9. The number of carbonyl (C=O) groups is 2. The molecule has 212 valence electrons. The molecule has 1 amide bonds. The van der Waals surface area contributed by atoms with Crippen LogP contribution < -0.4 is 15.6 Å². The molecule has 0 spiro atoms. The summed E-state index contributed by atoms with van der Waals surface area (Å²) in [5, 5.41) is 13.6. The first-order valence-corrected chi connectivity index (χ1v) is 12.5. The summed E-state index contributed by atoms with van der Waals surface area (Å²) in [7, 11) is 0. The van der Waals surface area contributed by atoms with Crippen molar-refractivity contribution < 1.29 is 37.3 Å². The number of allylic oxidation sites excluding steroid dienone is 1. The van der Waals surface area contributed by atoms with Crippen LogP contribution in [-0.2, 0) is 22.1 Å². The molecule has 0 aliphatic carbocycles. The van der Waals surface area contributed by atoms with Gasteiger partial charge in [-0.25, -0.2) is 0 Å². The van der Waals surface area contributed by atoms with Crippen LogP contribution in [0.1, 0.15) is 60.8 Å². The van der Waals surface area contributed by atoms with Gasteiger partial charge in [-0.2, -0.15) is 13.2 Å². The van der Waals surface area contributed by atoms with Gasteiger partial charge in [0.25, 0.3) is 11.5 Å². The molecule has 8 nitrogen and oxygen atoms in total. The van der Waals surface area contributed by atoms with Crippen LogP contribution in [-0.4, -0.2) is 40.3 Å². The number of esters is 1. The van der Waals surface area contributed by atoms with Gasteiger partial charge in [-0.3, -0.25) is 19.0 Å². The molecular weight excluding hydrogens is 529 g/mol. The fraction of sp³-hybridized carbons (Fsp3) is 0.345. The van der Waals surface area contributed by atoms with Crippen LogP contribution >= 0.6 is 0 Å². The van der Waals surface area contributed by atoms with Gasteiger partial charge < -0.3 is 19.9 Å². The van der Waals surface area contributed by atoms with Crippen molar-refractivity contribution in [1.82, 2.24) is 9.88 Å². The average molecular weight is 559 g/mol. The van der Waals surface area contributed by atoms with Gasteiger partial charge in [-0.15, -0.1) is 0 Å². The second-order valence-electron chi connectivity index (χ2n) is 10.7. The van der Waals surface area contributed by atoms with Crippen LogP contribution in [0.2, 0.25) is 0 Å². The fourth-order valence-electron chi connectivity index (χ4n) is 4.54. The van der Waals surface area contributed by atoms with E-state index in [2.05, 4.69) is 11.9 Å². The highest BCUT2D eigenvalue weighted by atomic mass is 19.4. The van der Waals surface area contributed by atoms with Crippen molar-refractivity contribution in [3.8, 4) is 11.5 Å². The lowest BCUT2D eigenvalue weighted by molar-refractivity contribution is -0.153. The molecule has 40 heavy (non-hydrogen) atoms. The molecule has 4 rings (SSSR count). The van der Waals surface area contributed by atoms with Crippen molar-refractivity contribution in [2.45, 2.75) is 51.9 Å². The highest BCUT2D eigenvalue weighted by Gasteiger charge is 2.33. The number of halogens is 3. The Morgan fingerprint density at radius 3 is 2.40 bits per heavy atom. The molecule has 1 unspecified atom stereocenters. The number of pyridine rings is 1. The number of hydrogen-bond acceptors (Lipinski definition) is 6. The largest absolute Gasteiger partial charge is 0.506 e. The molecule has 1 aromatic heterocycles. The maximum absolute atomic E-state index is 13.7. The van der Waals surface area contributed by atoms with Crippen LogP contribution in [0.15, 0.2) is 47.8 Å². The second kappa shape index (κ2) is 10.4. The van der Waals surface area contributed by atoms with Gasteiger partial charge in [0, 0.05) is 5.39 Å². The van der Waals surface area contributed by atoms with Crippen LogP contribution in [0, 0.1) is 0 Å². The monoisotopic (exact) mass is 558 g/mol. The third-order valence-corrected chi connectivity index (χ3v) is 6.32. The predicted molar refractivity (Wildman–Crippen MR) is 142 cm³/mol.